The number of benzene rings is 1. The third-order valence-corrected chi connectivity index (χ3v) is 6.30. The maximum Gasteiger partial charge on any atom is 0.129 e. The van der Waals surface area contributed by atoms with Gasteiger partial charge in [-0.15, -0.1) is 0 Å². The molecule has 1 atom stereocenters. The summed E-state index contributed by atoms with van der Waals surface area (Å²) in [5, 5.41) is 1.26. The van der Waals surface area contributed by atoms with Crippen molar-refractivity contribution in [3.8, 4) is 0 Å². The number of ether oxygens (including phenoxy) is 1. The van der Waals surface area contributed by atoms with E-state index >= 15 is 0 Å². The first-order chi connectivity index (χ1) is 12.3. The van der Waals surface area contributed by atoms with Crippen molar-refractivity contribution in [2.24, 2.45) is 0 Å². The maximum absolute atomic E-state index is 5.73. The number of anilines is 1. The van der Waals surface area contributed by atoms with Crippen molar-refractivity contribution in [2.75, 3.05) is 37.7 Å². The molecule has 2 aromatic rings. The van der Waals surface area contributed by atoms with E-state index in [9.17, 15) is 0 Å². The molecule has 3 fully saturated rings. The van der Waals surface area contributed by atoms with Crippen LogP contribution in [0.15, 0.2) is 30.3 Å². The van der Waals surface area contributed by atoms with Crippen molar-refractivity contribution >= 4 is 16.7 Å². The minimum absolute atomic E-state index is 0.205. The predicted octanol–water partition coefficient (Wildman–Crippen LogP) is 3.59. The average molecular weight is 337 g/mol. The summed E-state index contributed by atoms with van der Waals surface area (Å²) in [5.41, 5.74) is 2.73. The zero-order valence-corrected chi connectivity index (χ0v) is 14.9. The summed E-state index contributed by atoms with van der Waals surface area (Å²) in [7, 11) is 0. The Morgan fingerprint density at radius 2 is 1.92 bits per heavy atom. The molecule has 1 aromatic carbocycles. The number of rotatable bonds is 3. The second-order valence-corrected chi connectivity index (χ2v) is 7.96. The first-order valence-electron chi connectivity index (χ1n) is 9.80. The lowest BCUT2D eigenvalue weighted by molar-refractivity contribution is 0.178. The van der Waals surface area contributed by atoms with Crippen molar-refractivity contribution in [1.82, 2.24) is 9.88 Å². The Kier molecular flexibility index (Phi) is 3.90. The van der Waals surface area contributed by atoms with Gasteiger partial charge in [-0.1, -0.05) is 6.07 Å². The van der Waals surface area contributed by atoms with Gasteiger partial charge in [0.15, 0.2) is 0 Å². The van der Waals surface area contributed by atoms with Crippen LogP contribution < -0.4 is 4.90 Å². The van der Waals surface area contributed by atoms with Gasteiger partial charge in [0.05, 0.1) is 17.7 Å². The lowest BCUT2D eigenvalue weighted by atomic mass is 9.95. The number of fused-ring (bicyclic) bond motifs is 1. The van der Waals surface area contributed by atoms with E-state index in [1.165, 1.54) is 49.7 Å². The summed E-state index contributed by atoms with van der Waals surface area (Å²) < 4.78 is 5.73. The van der Waals surface area contributed by atoms with Crippen molar-refractivity contribution in [1.29, 1.82) is 0 Å². The highest BCUT2D eigenvalue weighted by Gasteiger charge is 2.44. The Balaban J connectivity index is 1.42. The van der Waals surface area contributed by atoms with Gasteiger partial charge in [-0.2, -0.15) is 0 Å². The molecule has 25 heavy (non-hydrogen) atoms. The molecular weight excluding hydrogens is 310 g/mol. The fraction of sp³-hybridized carbons (Fsp3) is 0.571. The molecule has 0 saturated carbocycles. The molecule has 3 aliphatic heterocycles. The van der Waals surface area contributed by atoms with E-state index in [4.69, 9.17) is 9.72 Å². The van der Waals surface area contributed by atoms with Crippen LogP contribution in [0.2, 0.25) is 0 Å². The third kappa shape index (κ3) is 2.81. The molecule has 0 N–H and O–H groups in total. The largest absolute Gasteiger partial charge is 0.379 e. The molecule has 0 bridgehead atoms. The van der Waals surface area contributed by atoms with Crippen molar-refractivity contribution in [3.63, 3.8) is 0 Å². The highest BCUT2D eigenvalue weighted by Crippen LogP contribution is 2.39. The molecule has 3 aliphatic rings. The predicted molar refractivity (Wildman–Crippen MR) is 101 cm³/mol. The lowest BCUT2D eigenvalue weighted by Crippen LogP contribution is -2.45. The molecule has 0 radical (unpaired) electrons. The molecule has 1 spiro atoms. The van der Waals surface area contributed by atoms with Gasteiger partial charge < -0.3 is 9.64 Å². The van der Waals surface area contributed by atoms with Crippen LogP contribution in [0.5, 0.6) is 0 Å². The van der Waals surface area contributed by atoms with Crippen LogP contribution in [0.25, 0.3) is 10.9 Å². The van der Waals surface area contributed by atoms with E-state index in [2.05, 4.69) is 40.1 Å². The van der Waals surface area contributed by atoms with E-state index in [0.717, 1.165) is 44.1 Å². The molecule has 4 heterocycles. The van der Waals surface area contributed by atoms with Crippen LogP contribution in [0.1, 0.15) is 37.7 Å². The molecule has 1 unspecified atom stereocenters. The van der Waals surface area contributed by atoms with E-state index in [0.29, 0.717) is 0 Å². The van der Waals surface area contributed by atoms with Crippen LogP contribution in [-0.4, -0.2) is 48.3 Å². The highest BCUT2D eigenvalue weighted by molar-refractivity contribution is 5.81. The maximum atomic E-state index is 5.73. The van der Waals surface area contributed by atoms with E-state index in [1.807, 2.05) is 0 Å². The Hall–Kier alpha value is -1.65. The molecule has 132 valence electrons. The van der Waals surface area contributed by atoms with Gasteiger partial charge in [-0.05, 0) is 75.0 Å². The molecule has 1 aromatic heterocycles. The molecular formula is C21H27N3O. The Morgan fingerprint density at radius 3 is 2.76 bits per heavy atom. The number of hydrogen-bond acceptors (Lipinski definition) is 4. The number of pyridine rings is 1. The summed E-state index contributed by atoms with van der Waals surface area (Å²) in [4.78, 5) is 10.1. The average Bonchev–Trinajstić information content (AvgIpc) is 3.39. The van der Waals surface area contributed by atoms with Crippen LogP contribution in [0.3, 0.4) is 0 Å². The quantitative estimate of drug-likeness (QED) is 0.856. The first-order valence-corrected chi connectivity index (χ1v) is 9.80. The zero-order valence-electron chi connectivity index (χ0n) is 14.9. The fourth-order valence-corrected chi connectivity index (χ4v) is 4.91. The topological polar surface area (TPSA) is 28.6 Å². The second-order valence-electron chi connectivity index (χ2n) is 7.96. The van der Waals surface area contributed by atoms with Gasteiger partial charge in [-0.25, -0.2) is 4.98 Å². The number of nitrogens with zero attached hydrogens (tertiary/aromatic N) is 3. The van der Waals surface area contributed by atoms with Crippen molar-refractivity contribution < 1.29 is 4.74 Å². The number of aromatic nitrogens is 1. The van der Waals surface area contributed by atoms with Crippen LogP contribution in [0.4, 0.5) is 5.82 Å². The van der Waals surface area contributed by atoms with E-state index in [-0.39, 0.29) is 5.54 Å². The van der Waals surface area contributed by atoms with Crippen LogP contribution in [0, 0.1) is 0 Å². The Morgan fingerprint density at radius 1 is 1.00 bits per heavy atom. The standard InChI is InChI=1S/C21H27N3O/c1-2-11-23(10-1)15-17-4-6-19-18(14-17)5-7-20(22-19)24-12-3-8-21(24)9-13-25-16-21/h4-7,14H,1-3,8-13,15-16H2. The van der Waals surface area contributed by atoms with Gasteiger partial charge in [0.1, 0.15) is 5.82 Å². The summed E-state index contributed by atoms with van der Waals surface area (Å²) in [5.74, 6) is 1.13. The van der Waals surface area contributed by atoms with Gasteiger partial charge in [0, 0.05) is 25.1 Å². The summed E-state index contributed by atoms with van der Waals surface area (Å²) in [6.07, 6.45) is 6.32. The van der Waals surface area contributed by atoms with Crippen molar-refractivity contribution in [2.45, 2.75) is 44.2 Å². The zero-order chi connectivity index (χ0) is 16.7. The van der Waals surface area contributed by atoms with Crippen LogP contribution in [-0.2, 0) is 11.3 Å². The van der Waals surface area contributed by atoms with Gasteiger partial charge in [0.2, 0.25) is 0 Å². The third-order valence-electron chi connectivity index (χ3n) is 6.30. The van der Waals surface area contributed by atoms with E-state index < -0.39 is 0 Å². The molecule has 0 amide bonds. The normalized spacial score (nSPS) is 27.1. The van der Waals surface area contributed by atoms with Gasteiger partial charge in [0.25, 0.3) is 0 Å². The smallest absolute Gasteiger partial charge is 0.129 e. The lowest BCUT2D eigenvalue weighted by Gasteiger charge is -2.34. The SMILES string of the molecule is c1cc2nc(N3CCCC34CCOC4)ccc2cc1CN1CCCC1. The Labute approximate surface area is 149 Å². The van der Waals surface area contributed by atoms with E-state index in [1.54, 1.807) is 0 Å². The van der Waals surface area contributed by atoms with Gasteiger partial charge in [-0.3, -0.25) is 4.90 Å². The fourth-order valence-electron chi connectivity index (χ4n) is 4.91. The number of hydrogen-bond donors (Lipinski definition) is 0. The molecule has 4 nitrogen and oxygen atoms in total. The second kappa shape index (κ2) is 6.26. The molecule has 3 saturated heterocycles. The molecule has 0 aliphatic carbocycles. The monoisotopic (exact) mass is 337 g/mol. The molecule has 5 rings (SSSR count). The minimum atomic E-state index is 0.205. The first kappa shape index (κ1) is 15.6. The summed E-state index contributed by atoms with van der Waals surface area (Å²) >= 11 is 0. The van der Waals surface area contributed by atoms with Gasteiger partial charge >= 0.3 is 0 Å². The highest BCUT2D eigenvalue weighted by atomic mass is 16.5. The Bertz CT molecular complexity index is 757. The summed E-state index contributed by atoms with van der Waals surface area (Å²) in [6.45, 7) is 6.42. The van der Waals surface area contributed by atoms with Crippen molar-refractivity contribution in [3.05, 3.63) is 35.9 Å². The molecule has 4 heteroatoms. The number of likely N-dealkylation sites (tertiary alicyclic amines) is 1. The summed E-state index contributed by atoms with van der Waals surface area (Å²) in [6, 6.07) is 11.3. The van der Waals surface area contributed by atoms with Crippen LogP contribution >= 0.6 is 0 Å². The minimum Gasteiger partial charge on any atom is -0.379 e.